The van der Waals surface area contributed by atoms with Crippen LogP contribution in [0.3, 0.4) is 0 Å². The van der Waals surface area contributed by atoms with Crippen LogP contribution in [-0.2, 0) is 14.4 Å². The number of nitrogens with two attached hydrogens (primary N) is 1. The maximum absolute atomic E-state index is 12.4. The molecular formula is C18H27N5O6S. The molecule has 3 rings (SSSR count). The average Bonchev–Trinajstić information content (AvgIpc) is 3.21. The number of hydrogen-bond donors (Lipinski definition) is 6. The minimum absolute atomic E-state index is 0.00942. The van der Waals surface area contributed by atoms with Crippen molar-refractivity contribution >= 4 is 35.6 Å². The molecule has 0 aromatic heterocycles. The number of carboxylic acid groups (broad SMARTS) is 1. The van der Waals surface area contributed by atoms with E-state index in [2.05, 4.69) is 16.0 Å². The second-order valence-corrected chi connectivity index (χ2v) is 9.13. The van der Waals surface area contributed by atoms with Crippen molar-refractivity contribution in [1.82, 2.24) is 20.9 Å². The summed E-state index contributed by atoms with van der Waals surface area (Å²) in [5, 5.41) is 27.8. The Morgan fingerprint density at radius 3 is 2.60 bits per heavy atom. The van der Waals surface area contributed by atoms with E-state index in [-0.39, 0.29) is 47.8 Å². The van der Waals surface area contributed by atoms with Crippen molar-refractivity contribution in [2.45, 2.75) is 43.7 Å². The molecular weight excluding hydrogens is 414 g/mol. The smallest absolute Gasteiger partial charge is 0.353 e. The number of urea groups is 1. The van der Waals surface area contributed by atoms with Gasteiger partial charge in [-0.25, -0.2) is 9.59 Å². The molecule has 3 aliphatic heterocycles. The monoisotopic (exact) mass is 441 g/mol. The van der Waals surface area contributed by atoms with E-state index in [1.165, 1.54) is 16.7 Å². The summed E-state index contributed by atoms with van der Waals surface area (Å²) < 4.78 is 0. The van der Waals surface area contributed by atoms with Crippen LogP contribution < -0.4 is 21.7 Å². The van der Waals surface area contributed by atoms with E-state index in [1.807, 2.05) is 6.92 Å². The number of amides is 4. The molecule has 0 bridgehead atoms. The number of hydrogen-bond acceptors (Lipinski definition) is 7. The zero-order valence-electron chi connectivity index (χ0n) is 16.8. The van der Waals surface area contributed by atoms with Gasteiger partial charge in [0.05, 0.1) is 24.1 Å². The molecule has 11 nitrogen and oxygen atoms in total. The first-order valence-electron chi connectivity index (χ1n) is 9.83. The minimum atomic E-state index is -1.16. The molecule has 0 aromatic carbocycles. The highest BCUT2D eigenvalue weighted by molar-refractivity contribution is 8.03. The highest BCUT2D eigenvalue weighted by atomic mass is 32.2. The van der Waals surface area contributed by atoms with Crippen LogP contribution >= 0.6 is 11.8 Å². The van der Waals surface area contributed by atoms with Gasteiger partial charge in [0.25, 0.3) is 0 Å². The number of nitrogens with zero attached hydrogens (tertiary/aromatic N) is 1. The number of primary amides is 1. The molecule has 0 radical (unpaired) electrons. The topological polar surface area (TPSA) is 174 Å². The van der Waals surface area contributed by atoms with Crippen molar-refractivity contribution in [2.24, 2.45) is 17.6 Å². The molecule has 30 heavy (non-hydrogen) atoms. The van der Waals surface area contributed by atoms with Crippen LogP contribution in [0.25, 0.3) is 0 Å². The number of carboxylic acids is 1. The second-order valence-electron chi connectivity index (χ2n) is 7.79. The SMILES string of the molecule is C[C@@H](O)[C@H]1C(=O)N2C(C(=O)O)=C(S[C@@H]3CN[C@H](C(=O)NCCNC(N)=O)C3)[C@H](C)[C@H]12. The third kappa shape index (κ3) is 4.12. The van der Waals surface area contributed by atoms with Crippen molar-refractivity contribution in [2.75, 3.05) is 19.6 Å². The van der Waals surface area contributed by atoms with Gasteiger partial charge in [-0.05, 0) is 13.3 Å². The predicted molar refractivity (Wildman–Crippen MR) is 108 cm³/mol. The highest BCUT2D eigenvalue weighted by Crippen LogP contribution is 2.51. The Balaban J connectivity index is 1.61. The van der Waals surface area contributed by atoms with Crippen molar-refractivity contribution in [3.05, 3.63) is 10.6 Å². The Labute approximate surface area is 177 Å². The molecule has 7 N–H and O–H groups in total. The Kier molecular flexibility index (Phi) is 6.58. The maximum atomic E-state index is 12.4. The Hall–Kier alpha value is -2.31. The zero-order chi connectivity index (χ0) is 22.2. The largest absolute Gasteiger partial charge is 0.477 e. The number of aliphatic carboxylic acids is 1. The van der Waals surface area contributed by atoms with Gasteiger partial charge in [0.2, 0.25) is 11.8 Å². The number of carbonyl (C=O) groups excluding carboxylic acids is 3. The van der Waals surface area contributed by atoms with Gasteiger partial charge in [-0.15, -0.1) is 11.8 Å². The number of β-lactam (4-membered cyclic amide) rings is 1. The number of rotatable bonds is 8. The maximum Gasteiger partial charge on any atom is 0.353 e. The molecule has 6 atom stereocenters. The van der Waals surface area contributed by atoms with E-state index in [0.29, 0.717) is 17.9 Å². The number of aliphatic hydroxyl groups excluding tert-OH is 1. The third-order valence-electron chi connectivity index (χ3n) is 5.74. The molecule has 0 spiro atoms. The first-order chi connectivity index (χ1) is 14.1. The van der Waals surface area contributed by atoms with Crippen LogP contribution in [0.15, 0.2) is 10.6 Å². The molecule has 4 amide bonds. The standard InChI is InChI=1S/C18H27N5O6S/c1-7-12-11(8(2)24)16(26)23(12)13(17(27)28)14(7)30-9-5-10(22-6-9)15(25)20-3-4-21-18(19)29/h7-12,22,24H,3-6H2,1-2H3,(H,20,25)(H,27,28)(H3,19,21,29)/t7-,8-,9+,10+,11-,12-/m1/s1. The summed E-state index contributed by atoms with van der Waals surface area (Å²) in [6.07, 6.45) is -0.340. The highest BCUT2D eigenvalue weighted by Gasteiger charge is 2.60. The fourth-order valence-electron chi connectivity index (χ4n) is 4.35. The summed E-state index contributed by atoms with van der Waals surface area (Å²) in [7, 11) is 0. The second kappa shape index (κ2) is 8.82. The lowest BCUT2D eigenvalue weighted by atomic mass is 9.79. The average molecular weight is 442 g/mol. The van der Waals surface area contributed by atoms with Gasteiger partial charge in [-0.3, -0.25) is 9.59 Å². The fraction of sp³-hybridized carbons (Fsp3) is 0.667. The number of nitrogens with one attached hydrogen (secondary N) is 3. The van der Waals surface area contributed by atoms with Gasteiger partial charge >= 0.3 is 12.0 Å². The Morgan fingerprint density at radius 1 is 1.33 bits per heavy atom. The molecule has 0 aromatic rings. The van der Waals surface area contributed by atoms with Gasteiger partial charge in [0.15, 0.2) is 0 Å². The minimum Gasteiger partial charge on any atom is -0.477 e. The van der Waals surface area contributed by atoms with E-state index in [0.717, 1.165) is 0 Å². The van der Waals surface area contributed by atoms with E-state index in [1.54, 1.807) is 6.92 Å². The van der Waals surface area contributed by atoms with Crippen molar-refractivity contribution in [3.8, 4) is 0 Å². The number of aliphatic hydroxyl groups is 1. The number of thioether (sulfide) groups is 1. The lowest BCUT2D eigenvalue weighted by Crippen LogP contribution is -2.63. The summed E-state index contributed by atoms with van der Waals surface area (Å²) >= 11 is 1.38. The van der Waals surface area contributed by atoms with Crippen LogP contribution in [0.2, 0.25) is 0 Å². The number of carbonyl (C=O) groups is 4. The summed E-state index contributed by atoms with van der Waals surface area (Å²) in [4.78, 5) is 49.1. The van der Waals surface area contributed by atoms with Crippen LogP contribution in [0.4, 0.5) is 4.79 Å². The first-order valence-corrected chi connectivity index (χ1v) is 10.7. The molecule has 12 heteroatoms. The number of fused-ring (bicyclic) bond motifs is 1. The van der Waals surface area contributed by atoms with Gasteiger partial charge in [-0.1, -0.05) is 6.92 Å². The van der Waals surface area contributed by atoms with Gasteiger partial charge in [0, 0.05) is 35.7 Å². The molecule has 0 saturated carbocycles. The van der Waals surface area contributed by atoms with Crippen molar-refractivity contribution in [1.29, 1.82) is 0 Å². The molecule has 3 aliphatic rings. The first kappa shape index (κ1) is 22.4. The molecule has 2 fully saturated rings. The lowest BCUT2D eigenvalue weighted by Gasteiger charge is -2.46. The zero-order valence-corrected chi connectivity index (χ0v) is 17.6. The Bertz CT molecular complexity index is 787. The molecule has 2 saturated heterocycles. The summed E-state index contributed by atoms with van der Waals surface area (Å²) in [5.74, 6) is -2.52. The van der Waals surface area contributed by atoms with Gasteiger partial charge in [-0.2, -0.15) is 0 Å². The molecule has 0 unspecified atom stereocenters. The summed E-state index contributed by atoms with van der Waals surface area (Å²) in [6, 6.07) is -1.43. The Morgan fingerprint density at radius 2 is 2.00 bits per heavy atom. The van der Waals surface area contributed by atoms with E-state index in [9.17, 15) is 29.4 Å². The van der Waals surface area contributed by atoms with Crippen LogP contribution in [0.5, 0.6) is 0 Å². The quantitative estimate of drug-likeness (QED) is 0.193. The van der Waals surface area contributed by atoms with E-state index in [4.69, 9.17) is 5.73 Å². The molecule has 166 valence electrons. The van der Waals surface area contributed by atoms with Gasteiger partial charge < -0.3 is 36.8 Å². The fourth-order valence-corrected chi connectivity index (χ4v) is 5.82. The predicted octanol–water partition coefficient (Wildman–Crippen LogP) is -1.61. The van der Waals surface area contributed by atoms with Gasteiger partial charge in [0.1, 0.15) is 5.70 Å². The van der Waals surface area contributed by atoms with E-state index < -0.39 is 30.1 Å². The van der Waals surface area contributed by atoms with Crippen LogP contribution in [0.1, 0.15) is 20.3 Å². The van der Waals surface area contributed by atoms with Crippen molar-refractivity contribution in [3.63, 3.8) is 0 Å². The van der Waals surface area contributed by atoms with Crippen molar-refractivity contribution < 1.29 is 29.4 Å². The summed E-state index contributed by atoms with van der Waals surface area (Å²) in [5.41, 5.74) is 4.96. The molecule has 3 heterocycles. The lowest BCUT2D eigenvalue weighted by molar-refractivity contribution is -0.163. The third-order valence-corrected chi connectivity index (χ3v) is 7.25. The normalized spacial score (nSPS) is 31.2. The van der Waals surface area contributed by atoms with Crippen LogP contribution in [-0.4, -0.2) is 82.0 Å². The summed E-state index contributed by atoms with van der Waals surface area (Å²) in [6.45, 7) is 4.41. The molecule has 0 aliphatic carbocycles. The van der Waals surface area contributed by atoms with E-state index >= 15 is 0 Å². The van der Waals surface area contributed by atoms with Crippen LogP contribution in [0, 0.1) is 11.8 Å².